The molecule has 3 aromatic carbocycles. The molecule has 0 saturated carbocycles. The number of amides is 2. The summed E-state index contributed by atoms with van der Waals surface area (Å²) >= 11 is 6.41. The van der Waals surface area contributed by atoms with Gasteiger partial charge in [0.15, 0.2) is 0 Å². The second kappa shape index (κ2) is 17.5. The van der Waals surface area contributed by atoms with Gasteiger partial charge in [0, 0.05) is 53.2 Å². The van der Waals surface area contributed by atoms with Crippen molar-refractivity contribution < 1.29 is 43.1 Å². The minimum absolute atomic E-state index is 0.0448. The van der Waals surface area contributed by atoms with Crippen LogP contribution in [0.25, 0.3) is 21.7 Å². The highest BCUT2D eigenvalue weighted by Gasteiger charge is 2.36. The van der Waals surface area contributed by atoms with Crippen LogP contribution in [0.15, 0.2) is 66.9 Å². The number of fused-ring (bicyclic) bond motifs is 4. The lowest BCUT2D eigenvalue weighted by molar-refractivity contribution is 0.000164. The van der Waals surface area contributed by atoms with Gasteiger partial charge in [0.25, 0.3) is 11.8 Å². The molecule has 3 N–H and O–H groups in total. The van der Waals surface area contributed by atoms with E-state index in [0.717, 1.165) is 10.9 Å². The first-order chi connectivity index (χ1) is 25.4. The number of benzene rings is 3. The van der Waals surface area contributed by atoms with Crippen LogP contribution >= 0.6 is 11.6 Å². The molecule has 14 heteroatoms. The van der Waals surface area contributed by atoms with E-state index >= 15 is 0 Å². The van der Waals surface area contributed by atoms with Crippen molar-refractivity contribution in [2.45, 2.75) is 5.92 Å². The van der Waals surface area contributed by atoms with E-state index in [9.17, 15) is 14.7 Å². The zero-order valence-corrected chi connectivity index (χ0v) is 29.7. The number of halogens is 1. The third kappa shape index (κ3) is 8.41. The number of phenolic OH excluding ortho intramolecular Hbond substituents is 1. The molecule has 1 aliphatic heterocycles. The Kier molecular flexibility index (Phi) is 12.4. The predicted molar refractivity (Wildman–Crippen MR) is 198 cm³/mol. The molecule has 0 aliphatic carbocycles. The lowest BCUT2D eigenvalue weighted by Crippen LogP contribution is -2.30. The molecule has 2 amide bonds. The third-order valence-electron chi connectivity index (χ3n) is 8.64. The highest BCUT2D eigenvalue weighted by molar-refractivity contribution is 6.19. The summed E-state index contributed by atoms with van der Waals surface area (Å²) in [7, 11) is 3.20. The number of hydrogen-bond acceptors (Lipinski definition) is 10. The van der Waals surface area contributed by atoms with Gasteiger partial charge in [0.2, 0.25) is 0 Å². The Bertz CT molecular complexity index is 2000. The summed E-state index contributed by atoms with van der Waals surface area (Å²) in [5, 5.41) is 15.8. The smallest absolute Gasteiger partial charge is 0.274 e. The van der Waals surface area contributed by atoms with Crippen molar-refractivity contribution >= 4 is 56.6 Å². The molecule has 3 heterocycles. The number of ether oxygens (including phenoxy) is 6. The molecule has 0 spiro atoms. The number of carbonyl (C=O) groups is 2. The standard InChI is InChI=1S/C38H41ClN4O9/c1-47-10-11-49-12-13-50-14-15-51-16-17-52-27-8-6-24(7-9-27)37(45)42-34-19-25-18-29(41-30(25)22-40-34)38(46)43-23-26(21-39)35-31(43)20-32(44)28-4-3-5-33(48-2)36(28)35/h3-9,18-20,22,26,41,44H,10-17,21,23H2,1-2H3,(H,40,42,45)/t26-/m1/s1. The zero-order valence-electron chi connectivity index (χ0n) is 29.0. The number of alkyl halides is 1. The van der Waals surface area contributed by atoms with E-state index in [1.165, 1.54) is 0 Å². The Hall–Kier alpha value is -4.92. The van der Waals surface area contributed by atoms with Gasteiger partial charge >= 0.3 is 0 Å². The number of nitrogens with one attached hydrogen (secondary N) is 2. The molecule has 1 aliphatic rings. The number of anilines is 2. The van der Waals surface area contributed by atoms with E-state index in [1.807, 2.05) is 18.2 Å². The first-order valence-electron chi connectivity index (χ1n) is 16.9. The Labute approximate surface area is 305 Å². The van der Waals surface area contributed by atoms with E-state index in [0.29, 0.717) is 110 Å². The van der Waals surface area contributed by atoms with Gasteiger partial charge in [-0.25, -0.2) is 4.98 Å². The number of rotatable bonds is 18. The van der Waals surface area contributed by atoms with Crippen LogP contribution in [0.1, 0.15) is 32.3 Å². The summed E-state index contributed by atoms with van der Waals surface area (Å²) in [4.78, 5) is 36.1. The van der Waals surface area contributed by atoms with Gasteiger partial charge in [-0.2, -0.15) is 0 Å². The topological polar surface area (TPSA) is 154 Å². The van der Waals surface area contributed by atoms with Gasteiger partial charge in [-0.15, -0.1) is 11.6 Å². The average Bonchev–Trinajstić information content (AvgIpc) is 3.76. The van der Waals surface area contributed by atoms with Crippen LogP contribution in [0, 0.1) is 0 Å². The molecular formula is C38H41ClN4O9. The number of nitrogens with zero attached hydrogens (tertiary/aromatic N) is 2. The second-order valence-corrected chi connectivity index (χ2v) is 12.3. The minimum atomic E-state index is -0.346. The molecule has 52 heavy (non-hydrogen) atoms. The van der Waals surface area contributed by atoms with Crippen LogP contribution in [-0.2, 0) is 18.9 Å². The second-order valence-electron chi connectivity index (χ2n) is 12.0. The van der Waals surface area contributed by atoms with E-state index < -0.39 is 0 Å². The van der Waals surface area contributed by atoms with Crippen molar-refractivity contribution in [3.05, 3.63) is 83.7 Å². The molecule has 2 aromatic heterocycles. The average molecular weight is 733 g/mol. The van der Waals surface area contributed by atoms with E-state index in [2.05, 4.69) is 15.3 Å². The summed E-state index contributed by atoms with van der Waals surface area (Å²) < 4.78 is 32.5. The number of carbonyl (C=O) groups excluding carboxylic acids is 2. The zero-order chi connectivity index (χ0) is 36.5. The Morgan fingerprint density at radius 1 is 0.942 bits per heavy atom. The Morgan fingerprint density at radius 2 is 1.65 bits per heavy atom. The largest absolute Gasteiger partial charge is 0.507 e. The third-order valence-corrected chi connectivity index (χ3v) is 9.01. The first-order valence-corrected chi connectivity index (χ1v) is 17.4. The van der Waals surface area contributed by atoms with E-state index in [-0.39, 0.29) is 29.4 Å². The molecule has 0 radical (unpaired) electrons. The molecule has 6 rings (SSSR count). The fourth-order valence-electron chi connectivity index (χ4n) is 6.12. The van der Waals surface area contributed by atoms with Crippen LogP contribution in [0.4, 0.5) is 11.5 Å². The molecule has 0 saturated heterocycles. The Balaban J connectivity index is 1.03. The number of methoxy groups -OCH3 is 2. The van der Waals surface area contributed by atoms with Gasteiger partial charge < -0.3 is 48.7 Å². The molecule has 1 atom stereocenters. The van der Waals surface area contributed by atoms with Crippen LogP contribution in [0.5, 0.6) is 17.2 Å². The summed E-state index contributed by atoms with van der Waals surface area (Å²) in [6.07, 6.45) is 1.56. The highest BCUT2D eigenvalue weighted by atomic mass is 35.5. The van der Waals surface area contributed by atoms with E-state index in [1.54, 1.807) is 67.8 Å². The normalized spacial score (nSPS) is 13.8. The van der Waals surface area contributed by atoms with Gasteiger partial charge in [0.05, 0.1) is 70.8 Å². The van der Waals surface area contributed by atoms with E-state index in [4.69, 9.17) is 40.0 Å². The number of H-pyrrole nitrogens is 1. The maximum Gasteiger partial charge on any atom is 0.274 e. The number of pyridine rings is 1. The maximum absolute atomic E-state index is 13.9. The van der Waals surface area contributed by atoms with Crippen molar-refractivity contribution in [1.82, 2.24) is 9.97 Å². The molecule has 0 fully saturated rings. The fourth-order valence-corrected chi connectivity index (χ4v) is 6.38. The van der Waals surface area contributed by atoms with Gasteiger partial charge in [-0.1, -0.05) is 12.1 Å². The number of aromatic hydroxyl groups is 1. The van der Waals surface area contributed by atoms with Crippen molar-refractivity contribution in [3.8, 4) is 17.2 Å². The SMILES string of the molecule is COCCOCCOCCOCCOc1ccc(C(=O)Nc2cc3cc(C(=O)N4C[C@@H](CCl)c5c4cc(O)c4cccc(OC)c54)[nH]c3cn2)cc1. The quantitative estimate of drug-likeness (QED) is 0.0751. The summed E-state index contributed by atoms with van der Waals surface area (Å²) in [6.45, 7) is 4.10. The van der Waals surface area contributed by atoms with Crippen LogP contribution in [0.2, 0.25) is 0 Å². The van der Waals surface area contributed by atoms with Crippen molar-refractivity contribution in [2.75, 3.05) is 89.7 Å². The molecule has 274 valence electrons. The van der Waals surface area contributed by atoms with Crippen LogP contribution in [0.3, 0.4) is 0 Å². The maximum atomic E-state index is 13.9. The number of phenols is 1. The van der Waals surface area contributed by atoms with Crippen molar-refractivity contribution in [1.29, 1.82) is 0 Å². The minimum Gasteiger partial charge on any atom is -0.507 e. The fraction of sp³-hybridized carbons (Fsp3) is 0.342. The van der Waals surface area contributed by atoms with Crippen LogP contribution < -0.4 is 19.7 Å². The predicted octanol–water partition coefficient (Wildman–Crippen LogP) is 5.74. The monoisotopic (exact) mass is 732 g/mol. The molecule has 13 nitrogen and oxygen atoms in total. The first kappa shape index (κ1) is 36.9. The molecule has 0 bridgehead atoms. The summed E-state index contributed by atoms with van der Waals surface area (Å²) in [6, 6.07) is 17.2. The van der Waals surface area contributed by atoms with Crippen molar-refractivity contribution in [2.24, 2.45) is 0 Å². The number of aromatic amines is 1. The molecule has 5 aromatic rings. The molecular weight excluding hydrogens is 692 g/mol. The van der Waals surface area contributed by atoms with Crippen molar-refractivity contribution in [3.63, 3.8) is 0 Å². The Morgan fingerprint density at radius 3 is 2.35 bits per heavy atom. The number of hydrogen-bond donors (Lipinski definition) is 3. The van der Waals surface area contributed by atoms with Crippen LogP contribution in [-0.4, -0.2) is 106 Å². The number of aromatic nitrogens is 2. The van der Waals surface area contributed by atoms with Gasteiger partial charge in [-0.3, -0.25) is 9.59 Å². The van der Waals surface area contributed by atoms with Gasteiger partial charge in [0.1, 0.15) is 35.4 Å². The highest BCUT2D eigenvalue weighted by Crippen LogP contribution is 2.48. The lowest BCUT2D eigenvalue weighted by atomic mass is 9.94. The summed E-state index contributed by atoms with van der Waals surface area (Å²) in [5.41, 5.74) is 2.82. The lowest BCUT2D eigenvalue weighted by Gasteiger charge is -2.18. The molecule has 0 unspecified atom stereocenters. The summed E-state index contributed by atoms with van der Waals surface area (Å²) in [5.74, 6) is 1.05. The van der Waals surface area contributed by atoms with Gasteiger partial charge in [-0.05, 0) is 48.0 Å².